The maximum Gasteiger partial charge on any atom is 0.252 e. The number of likely N-dealkylation sites (tertiary alicyclic amines) is 1. The van der Waals surface area contributed by atoms with Crippen LogP contribution >= 0.6 is 0 Å². The van der Waals surface area contributed by atoms with Crippen molar-refractivity contribution in [1.82, 2.24) is 15.1 Å². The molecule has 7 heteroatoms. The fourth-order valence-corrected chi connectivity index (χ4v) is 5.13. The Hall–Kier alpha value is -3.06. The van der Waals surface area contributed by atoms with E-state index in [1.807, 2.05) is 42.5 Å². The first-order chi connectivity index (χ1) is 15.4. The minimum Gasteiger partial charge on any atom is -0.493 e. The standard InChI is InChI=1S/C25H31N3O4/c1-27(2)24(30)20-15-28(14-18-9-7-11-21(31-3)22(18)32-4)16-25(20)13-12-17-8-5-6-10-19(17)23(29)26-25/h5-11,20H,12-16H2,1-4H3,(H,26,29)/t20-,25+/m1/s1. The van der Waals surface area contributed by atoms with Gasteiger partial charge in [0.25, 0.3) is 5.91 Å². The number of benzene rings is 2. The Kier molecular flexibility index (Phi) is 6.11. The summed E-state index contributed by atoms with van der Waals surface area (Å²) >= 11 is 0. The smallest absolute Gasteiger partial charge is 0.252 e. The third-order valence-corrected chi connectivity index (χ3v) is 6.70. The molecule has 4 rings (SSSR count). The number of carbonyl (C=O) groups excluding carboxylic acids is 2. The van der Waals surface area contributed by atoms with Gasteiger partial charge in [-0.15, -0.1) is 0 Å². The van der Waals surface area contributed by atoms with E-state index in [9.17, 15) is 9.59 Å². The van der Waals surface area contributed by atoms with Crippen LogP contribution in [0.1, 0.15) is 27.9 Å². The number of amides is 2. The van der Waals surface area contributed by atoms with E-state index < -0.39 is 5.54 Å². The van der Waals surface area contributed by atoms with Crippen molar-refractivity contribution in [1.29, 1.82) is 0 Å². The van der Waals surface area contributed by atoms with Gasteiger partial charge in [-0.05, 0) is 30.5 Å². The fourth-order valence-electron chi connectivity index (χ4n) is 5.13. The number of nitrogens with one attached hydrogen (secondary N) is 1. The van der Waals surface area contributed by atoms with Crippen LogP contribution in [0.5, 0.6) is 11.5 Å². The van der Waals surface area contributed by atoms with Gasteiger partial charge in [0.2, 0.25) is 5.91 Å². The lowest BCUT2D eigenvalue weighted by Crippen LogP contribution is -2.57. The van der Waals surface area contributed by atoms with Gasteiger partial charge in [0, 0.05) is 44.9 Å². The molecule has 7 nitrogen and oxygen atoms in total. The first-order valence-electron chi connectivity index (χ1n) is 10.9. The number of ether oxygens (including phenoxy) is 2. The summed E-state index contributed by atoms with van der Waals surface area (Å²) in [6.45, 7) is 1.76. The number of hydrogen-bond acceptors (Lipinski definition) is 5. The van der Waals surface area contributed by atoms with Crippen LogP contribution in [0.3, 0.4) is 0 Å². The molecule has 1 N–H and O–H groups in total. The molecule has 170 valence electrons. The largest absolute Gasteiger partial charge is 0.493 e. The van der Waals surface area contributed by atoms with Crippen LogP contribution in [0.4, 0.5) is 0 Å². The van der Waals surface area contributed by atoms with Gasteiger partial charge in [0.05, 0.1) is 25.7 Å². The van der Waals surface area contributed by atoms with E-state index in [1.54, 1.807) is 33.2 Å². The Morgan fingerprint density at radius 1 is 1.16 bits per heavy atom. The van der Waals surface area contributed by atoms with E-state index >= 15 is 0 Å². The Bertz CT molecular complexity index is 1020. The summed E-state index contributed by atoms with van der Waals surface area (Å²) in [5.74, 6) is 0.987. The summed E-state index contributed by atoms with van der Waals surface area (Å²) in [5, 5.41) is 3.28. The van der Waals surface area contributed by atoms with Gasteiger partial charge in [0.1, 0.15) is 0 Å². The van der Waals surface area contributed by atoms with E-state index in [1.165, 1.54) is 0 Å². The molecule has 2 aromatic carbocycles. The molecule has 2 aromatic rings. The zero-order valence-corrected chi connectivity index (χ0v) is 19.2. The Balaban J connectivity index is 1.66. The molecule has 2 amide bonds. The highest BCUT2D eigenvalue weighted by Gasteiger charge is 2.52. The number of carbonyl (C=O) groups is 2. The molecule has 2 aliphatic rings. The molecule has 2 heterocycles. The summed E-state index contributed by atoms with van der Waals surface area (Å²) < 4.78 is 11.1. The second-order valence-electron chi connectivity index (χ2n) is 8.87. The lowest BCUT2D eigenvalue weighted by molar-refractivity contribution is -0.134. The van der Waals surface area contributed by atoms with Crippen molar-refractivity contribution in [2.75, 3.05) is 41.4 Å². The third-order valence-electron chi connectivity index (χ3n) is 6.70. The van der Waals surface area contributed by atoms with Gasteiger partial charge in [-0.1, -0.05) is 30.3 Å². The van der Waals surface area contributed by atoms with Crippen LogP contribution in [0.25, 0.3) is 0 Å². The molecule has 0 aromatic heterocycles. The Morgan fingerprint density at radius 3 is 2.66 bits per heavy atom. The van der Waals surface area contributed by atoms with Crippen LogP contribution in [-0.4, -0.2) is 68.6 Å². The van der Waals surface area contributed by atoms with E-state index in [2.05, 4.69) is 10.2 Å². The number of aryl methyl sites for hydroxylation is 1. The molecule has 0 aliphatic carbocycles. The van der Waals surface area contributed by atoms with Crippen molar-refractivity contribution in [3.05, 3.63) is 59.2 Å². The summed E-state index contributed by atoms with van der Waals surface area (Å²) in [6.07, 6.45) is 1.47. The van der Waals surface area contributed by atoms with Crippen molar-refractivity contribution < 1.29 is 19.1 Å². The van der Waals surface area contributed by atoms with Gasteiger partial charge in [0.15, 0.2) is 11.5 Å². The molecule has 32 heavy (non-hydrogen) atoms. The highest BCUT2D eigenvalue weighted by molar-refractivity contribution is 5.97. The monoisotopic (exact) mass is 437 g/mol. The lowest BCUT2D eigenvalue weighted by Gasteiger charge is -2.35. The van der Waals surface area contributed by atoms with E-state index in [-0.39, 0.29) is 17.7 Å². The average Bonchev–Trinajstić information content (AvgIpc) is 3.06. The Labute approximate surface area is 189 Å². The minimum absolute atomic E-state index is 0.0383. The van der Waals surface area contributed by atoms with Crippen molar-refractivity contribution in [2.24, 2.45) is 5.92 Å². The van der Waals surface area contributed by atoms with Gasteiger partial charge in [-0.25, -0.2) is 0 Å². The van der Waals surface area contributed by atoms with Crippen LogP contribution in [0.2, 0.25) is 0 Å². The molecule has 2 atom stereocenters. The molecule has 1 saturated heterocycles. The molecule has 1 fully saturated rings. The van der Waals surface area contributed by atoms with Crippen molar-refractivity contribution in [2.45, 2.75) is 24.9 Å². The zero-order chi connectivity index (χ0) is 22.9. The number of fused-ring (bicyclic) bond motifs is 1. The van der Waals surface area contributed by atoms with E-state index in [0.29, 0.717) is 43.1 Å². The third kappa shape index (κ3) is 3.93. The number of hydrogen-bond donors (Lipinski definition) is 1. The van der Waals surface area contributed by atoms with E-state index in [4.69, 9.17) is 9.47 Å². The number of rotatable bonds is 5. The van der Waals surface area contributed by atoms with Crippen LogP contribution in [0, 0.1) is 5.92 Å². The predicted molar refractivity (Wildman–Crippen MR) is 122 cm³/mol. The second-order valence-corrected chi connectivity index (χ2v) is 8.87. The fraction of sp³-hybridized carbons (Fsp3) is 0.440. The van der Waals surface area contributed by atoms with Crippen LogP contribution in [0.15, 0.2) is 42.5 Å². The normalized spacial score (nSPS) is 22.8. The topological polar surface area (TPSA) is 71.1 Å². The molecular formula is C25H31N3O4. The molecule has 0 bridgehead atoms. The first kappa shape index (κ1) is 22.1. The van der Waals surface area contributed by atoms with Crippen molar-refractivity contribution >= 4 is 11.8 Å². The Morgan fingerprint density at radius 2 is 1.94 bits per heavy atom. The maximum absolute atomic E-state index is 13.2. The van der Waals surface area contributed by atoms with Crippen LogP contribution in [-0.2, 0) is 17.8 Å². The predicted octanol–water partition coefficient (Wildman–Crippen LogP) is 2.34. The molecule has 1 spiro atoms. The quantitative estimate of drug-likeness (QED) is 0.778. The number of nitrogens with zero attached hydrogens (tertiary/aromatic N) is 2. The molecule has 0 radical (unpaired) electrons. The highest BCUT2D eigenvalue weighted by atomic mass is 16.5. The molecule has 2 aliphatic heterocycles. The molecule has 0 unspecified atom stereocenters. The first-order valence-corrected chi connectivity index (χ1v) is 10.9. The molecule has 0 saturated carbocycles. The summed E-state index contributed by atoms with van der Waals surface area (Å²) in [5.41, 5.74) is 2.10. The average molecular weight is 438 g/mol. The maximum atomic E-state index is 13.2. The number of para-hydroxylation sites is 1. The van der Waals surface area contributed by atoms with Gasteiger partial charge < -0.3 is 19.7 Å². The minimum atomic E-state index is -0.621. The van der Waals surface area contributed by atoms with E-state index in [0.717, 1.165) is 17.5 Å². The summed E-state index contributed by atoms with van der Waals surface area (Å²) in [4.78, 5) is 30.3. The van der Waals surface area contributed by atoms with Crippen molar-refractivity contribution in [3.8, 4) is 11.5 Å². The summed E-state index contributed by atoms with van der Waals surface area (Å²) in [6, 6.07) is 13.5. The van der Waals surface area contributed by atoms with Crippen molar-refractivity contribution in [3.63, 3.8) is 0 Å². The van der Waals surface area contributed by atoms with Gasteiger partial charge in [-0.2, -0.15) is 0 Å². The second kappa shape index (κ2) is 8.82. The zero-order valence-electron chi connectivity index (χ0n) is 19.2. The number of methoxy groups -OCH3 is 2. The SMILES string of the molecule is COc1cccc(CN2C[C@H](C(=O)N(C)C)[C@]3(CCc4ccccc4C(=O)N3)C2)c1OC. The van der Waals surface area contributed by atoms with Gasteiger partial charge in [-0.3, -0.25) is 14.5 Å². The van der Waals surface area contributed by atoms with Gasteiger partial charge >= 0.3 is 0 Å². The van der Waals surface area contributed by atoms with Crippen LogP contribution < -0.4 is 14.8 Å². The highest BCUT2D eigenvalue weighted by Crippen LogP contribution is 2.38. The summed E-state index contributed by atoms with van der Waals surface area (Å²) in [7, 11) is 6.80. The lowest BCUT2D eigenvalue weighted by atomic mass is 9.81. The molecular weight excluding hydrogens is 406 g/mol.